The first-order valence-electron chi connectivity index (χ1n) is 7.49. The van der Waals surface area contributed by atoms with Crippen molar-refractivity contribution in [3.63, 3.8) is 0 Å². The van der Waals surface area contributed by atoms with E-state index in [-0.39, 0.29) is 6.03 Å². The second kappa shape index (κ2) is 7.20. The molecule has 1 saturated heterocycles. The van der Waals surface area contributed by atoms with Crippen LogP contribution in [0, 0.1) is 0 Å². The molecule has 116 valence electrons. The standard InChI is InChI=1S/C16H24N2O3/c1-4-12-7-5-6-10-18(12)16(19)17-14-11-13(20-2)8-9-15(14)21-3/h8-9,11-12H,4-7,10H2,1-3H3,(H,17,19). The Hall–Kier alpha value is -1.91. The Bertz CT molecular complexity index is 490. The highest BCUT2D eigenvalue weighted by Gasteiger charge is 2.25. The zero-order chi connectivity index (χ0) is 15.2. The summed E-state index contributed by atoms with van der Waals surface area (Å²) in [5, 5.41) is 2.95. The van der Waals surface area contributed by atoms with Gasteiger partial charge in [0.25, 0.3) is 0 Å². The van der Waals surface area contributed by atoms with Gasteiger partial charge in [0.1, 0.15) is 11.5 Å². The predicted molar refractivity (Wildman–Crippen MR) is 83.2 cm³/mol. The van der Waals surface area contributed by atoms with Crippen LogP contribution in [0.15, 0.2) is 18.2 Å². The van der Waals surface area contributed by atoms with Crippen molar-refractivity contribution in [2.45, 2.75) is 38.6 Å². The molecule has 0 aromatic heterocycles. The Balaban J connectivity index is 2.14. The van der Waals surface area contributed by atoms with Crippen molar-refractivity contribution < 1.29 is 14.3 Å². The van der Waals surface area contributed by atoms with Crippen LogP contribution in [-0.4, -0.2) is 37.7 Å². The molecule has 1 aromatic rings. The van der Waals surface area contributed by atoms with E-state index >= 15 is 0 Å². The van der Waals surface area contributed by atoms with E-state index in [0.29, 0.717) is 23.2 Å². The first kappa shape index (κ1) is 15.5. The highest BCUT2D eigenvalue weighted by molar-refractivity contribution is 5.91. The van der Waals surface area contributed by atoms with Gasteiger partial charge in [-0.3, -0.25) is 0 Å². The van der Waals surface area contributed by atoms with Crippen LogP contribution in [0.25, 0.3) is 0 Å². The first-order chi connectivity index (χ1) is 10.2. The molecule has 5 nitrogen and oxygen atoms in total. The SMILES string of the molecule is CCC1CCCCN1C(=O)Nc1cc(OC)ccc1OC. The summed E-state index contributed by atoms with van der Waals surface area (Å²) in [5.74, 6) is 1.32. The van der Waals surface area contributed by atoms with Crippen molar-refractivity contribution in [3.05, 3.63) is 18.2 Å². The fourth-order valence-corrected chi connectivity index (χ4v) is 2.79. The minimum atomic E-state index is -0.0619. The van der Waals surface area contributed by atoms with Crippen molar-refractivity contribution in [3.8, 4) is 11.5 Å². The molecule has 2 rings (SSSR count). The number of rotatable bonds is 4. The number of nitrogens with zero attached hydrogens (tertiary/aromatic N) is 1. The van der Waals surface area contributed by atoms with Crippen molar-refractivity contribution in [2.75, 3.05) is 26.1 Å². The summed E-state index contributed by atoms with van der Waals surface area (Å²) >= 11 is 0. The summed E-state index contributed by atoms with van der Waals surface area (Å²) < 4.78 is 10.5. The molecule has 1 aliphatic heterocycles. The van der Waals surface area contributed by atoms with E-state index in [1.54, 1.807) is 26.4 Å². The Kier molecular flexibility index (Phi) is 5.31. The number of likely N-dealkylation sites (tertiary alicyclic amines) is 1. The molecule has 1 N–H and O–H groups in total. The number of carbonyl (C=O) groups excluding carboxylic acids is 1. The second-order valence-corrected chi connectivity index (χ2v) is 5.25. The van der Waals surface area contributed by atoms with Gasteiger partial charge < -0.3 is 19.7 Å². The average molecular weight is 292 g/mol. The summed E-state index contributed by atoms with van der Waals surface area (Å²) in [6.45, 7) is 2.94. The number of amides is 2. The molecular weight excluding hydrogens is 268 g/mol. The van der Waals surface area contributed by atoms with Crippen LogP contribution in [0.2, 0.25) is 0 Å². The maximum absolute atomic E-state index is 12.5. The van der Waals surface area contributed by atoms with Crippen LogP contribution in [0.5, 0.6) is 11.5 Å². The van der Waals surface area contributed by atoms with E-state index in [1.165, 1.54) is 6.42 Å². The quantitative estimate of drug-likeness (QED) is 0.924. The lowest BCUT2D eigenvalue weighted by molar-refractivity contribution is 0.160. The zero-order valence-electron chi connectivity index (χ0n) is 13.0. The molecule has 1 fully saturated rings. The third kappa shape index (κ3) is 3.60. The van der Waals surface area contributed by atoms with E-state index in [4.69, 9.17) is 9.47 Å². The molecule has 0 spiro atoms. The van der Waals surface area contributed by atoms with Gasteiger partial charge in [-0.05, 0) is 37.8 Å². The largest absolute Gasteiger partial charge is 0.497 e. The number of benzene rings is 1. The summed E-state index contributed by atoms with van der Waals surface area (Å²) in [6, 6.07) is 5.65. The molecule has 1 aromatic carbocycles. The number of piperidine rings is 1. The van der Waals surface area contributed by atoms with Crippen LogP contribution in [0.4, 0.5) is 10.5 Å². The normalized spacial score (nSPS) is 18.2. The number of hydrogen-bond donors (Lipinski definition) is 1. The van der Waals surface area contributed by atoms with E-state index in [9.17, 15) is 4.79 Å². The summed E-state index contributed by atoms with van der Waals surface area (Å²) in [7, 11) is 3.19. The number of urea groups is 1. The highest BCUT2D eigenvalue weighted by atomic mass is 16.5. The smallest absolute Gasteiger partial charge is 0.322 e. The van der Waals surface area contributed by atoms with Gasteiger partial charge in [0, 0.05) is 18.7 Å². The summed E-state index contributed by atoms with van der Waals surface area (Å²) in [6.07, 6.45) is 4.34. The van der Waals surface area contributed by atoms with Crippen LogP contribution in [-0.2, 0) is 0 Å². The molecule has 1 unspecified atom stereocenters. The predicted octanol–water partition coefficient (Wildman–Crippen LogP) is 3.50. The maximum Gasteiger partial charge on any atom is 0.322 e. The molecule has 0 radical (unpaired) electrons. The fourth-order valence-electron chi connectivity index (χ4n) is 2.79. The van der Waals surface area contributed by atoms with Gasteiger partial charge in [-0.25, -0.2) is 4.79 Å². The number of hydrogen-bond acceptors (Lipinski definition) is 3. The molecule has 2 amide bonds. The van der Waals surface area contributed by atoms with Crippen molar-refractivity contribution in [1.29, 1.82) is 0 Å². The highest BCUT2D eigenvalue weighted by Crippen LogP contribution is 2.30. The van der Waals surface area contributed by atoms with Crippen LogP contribution >= 0.6 is 0 Å². The van der Waals surface area contributed by atoms with E-state index in [2.05, 4.69) is 12.2 Å². The van der Waals surface area contributed by atoms with Gasteiger partial charge in [0.2, 0.25) is 0 Å². The molecule has 1 heterocycles. The number of methoxy groups -OCH3 is 2. The first-order valence-corrected chi connectivity index (χ1v) is 7.49. The zero-order valence-corrected chi connectivity index (χ0v) is 13.0. The van der Waals surface area contributed by atoms with Gasteiger partial charge >= 0.3 is 6.03 Å². The van der Waals surface area contributed by atoms with E-state index < -0.39 is 0 Å². The molecule has 0 aliphatic carbocycles. The summed E-state index contributed by atoms with van der Waals surface area (Å²) in [4.78, 5) is 14.5. The lowest BCUT2D eigenvalue weighted by Gasteiger charge is -2.35. The lowest BCUT2D eigenvalue weighted by atomic mass is 10.0. The monoisotopic (exact) mass is 292 g/mol. The van der Waals surface area contributed by atoms with E-state index in [1.807, 2.05) is 11.0 Å². The van der Waals surface area contributed by atoms with E-state index in [0.717, 1.165) is 25.8 Å². The molecular formula is C16H24N2O3. The number of ether oxygens (including phenoxy) is 2. The van der Waals surface area contributed by atoms with Gasteiger partial charge in [0.15, 0.2) is 0 Å². The number of anilines is 1. The van der Waals surface area contributed by atoms with Gasteiger partial charge in [-0.2, -0.15) is 0 Å². The van der Waals surface area contributed by atoms with Crippen LogP contribution in [0.1, 0.15) is 32.6 Å². The third-order valence-electron chi connectivity index (χ3n) is 4.01. The fraction of sp³-hybridized carbons (Fsp3) is 0.562. The minimum Gasteiger partial charge on any atom is -0.497 e. The Labute approximate surface area is 126 Å². The molecule has 1 atom stereocenters. The van der Waals surface area contributed by atoms with Crippen molar-refractivity contribution in [1.82, 2.24) is 4.90 Å². The number of nitrogens with one attached hydrogen (secondary N) is 1. The molecule has 1 aliphatic rings. The molecule has 5 heteroatoms. The van der Waals surface area contributed by atoms with Gasteiger partial charge in [0.05, 0.1) is 19.9 Å². The Morgan fingerprint density at radius 1 is 1.33 bits per heavy atom. The molecule has 21 heavy (non-hydrogen) atoms. The Morgan fingerprint density at radius 3 is 2.81 bits per heavy atom. The van der Waals surface area contributed by atoms with Crippen molar-refractivity contribution in [2.24, 2.45) is 0 Å². The van der Waals surface area contributed by atoms with Gasteiger partial charge in [-0.1, -0.05) is 6.92 Å². The van der Waals surface area contributed by atoms with Crippen molar-refractivity contribution >= 4 is 11.7 Å². The Morgan fingerprint density at radius 2 is 2.14 bits per heavy atom. The average Bonchev–Trinajstić information content (AvgIpc) is 2.54. The van der Waals surface area contributed by atoms with Crippen LogP contribution < -0.4 is 14.8 Å². The van der Waals surface area contributed by atoms with Crippen LogP contribution in [0.3, 0.4) is 0 Å². The second-order valence-electron chi connectivity index (χ2n) is 5.25. The summed E-state index contributed by atoms with van der Waals surface area (Å²) in [5.41, 5.74) is 0.641. The third-order valence-corrected chi connectivity index (χ3v) is 4.01. The molecule has 0 bridgehead atoms. The topological polar surface area (TPSA) is 50.8 Å². The number of carbonyl (C=O) groups is 1. The molecule has 0 saturated carbocycles. The van der Waals surface area contributed by atoms with Gasteiger partial charge in [-0.15, -0.1) is 0 Å². The maximum atomic E-state index is 12.5. The lowest BCUT2D eigenvalue weighted by Crippen LogP contribution is -2.45. The minimum absolute atomic E-state index is 0.0619.